The van der Waals surface area contributed by atoms with Gasteiger partial charge in [-0.15, -0.1) is 0 Å². The van der Waals surface area contributed by atoms with Crippen LogP contribution in [-0.2, 0) is 14.8 Å². The summed E-state index contributed by atoms with van der Waals surface area (Å²) in [6, 6.07) is 5.85. The Bertz CT molecular complexity index is 993. The molecule has 1 heterocycles. The van der Waals surface area contributed by atoms with E-state index in [-0.39, 0.29) is 28.2 Å². The molecule has 0 unspecified atom stereocenters. The molecule has 6 rings (SSSR count). The number of piperazine rings is 1. The molecule has 1 atom stereocenters. The van der Waals surface area contributed by atoms with E-state index in [1.54, 1.807) is 12.1 Å². The number of carbonyl (C=O) groups excluding carboxylic acids is 2. The Balaban J connectivity index is 1.18. The zero-order valence-electron chi connectivity index (χ0n) is 19.6. The molecular weight excluding hydrogens is 438 g/mol. The lowest BCUT2D eigenvalue weighted by atomic mass is 9.53. The minimum atomic E-state index is -3.62. The third kappa shape index (κ3) is 4.37. The molecule has 4 saturated carbocycles. The first kappa shape index (κ1) is 23.0. The average Bonchev–Trinajstić information content (AvgIpc) is 2.77. The summed E-state index contributed by atoms with van der Waals surface area (Å²) in [6.45, 7) is 5.17. The summed E-state index contributed by atoms with van der Waals surface area (Å²) in [5.41, 5.74) is 0.495. The van der Waals surface area contributed by atoms with Crippen LogP contribution in [0.4, 0.5) is 0 Å². The number of carbonyl (C=O) groups is 2. The highest BCUT2D eigenvalue weighted by Gasteiger charge is 2.52. The SMILES string of the molecule is CC(=O)c1ccc(S(=O)(=O)N2CCN([C@@H](C)C(=O)NC34CC5CC(CC(C5)C3)C4)CC2)cc1. The molecule has 4 aliphatic carbocycles. The van der Waals surface area contributed by atoms with Crippen LogP contribution in [-0.4, -0.2) is 67.1 Å². The Morgan fingerprint density at radius 1 is 0.939 bits per heavy atom. The Labute approximate surface area is 196 Å². The van der Waals surface area contributed by atoms with Gasteiger partial charge in [0.2, 0.25) is 15.9 Å². The second-order valence-electron chi connectivity index (χ2n) is 10.9. The van der Waals surface area contributed by atoms with Gasteiger partial charge in [-0.3, -0.25) is 14.5 Å². The van der Waals surface area contributed by atoms with Crippen LogP contribution in [0.3, 0.4) is 0 Å². The zero-order chi connectivity index (χ0) is 23.4. The summed E-state index contributed by atoms with van der Waals surface area (Å²) in [5.74, 6) is 2.35. The van der Waals surface area contributed by atoms with Gasteiger partial charge in [0.25, 0.3) is 0 Å². The minimum Gasteiger partial charge on any atom is -0.349 e. The lowest BCUT2D eigenvalue weighted by molar-refractivity contribution is -0.132. The van der Waals surface area contributed by atoms with Gasteiger partial charge in [0.05, 0.1) is 10.9 Å². The lowest BCUT2D eigenvalue weighted by Crippen LogP contribution is -2.63. The predicted octanol–water partition coefficient (Wildman–Crippen LogP) is 2.67. The van der Waals surface area contributed by atoms with Gasteiger partial charge in [0.1, 0.15) is 0 Å². The molecule has 5 aliphatic rings. The van der Waals surface area contributed by atoms with Crippen molar-refractivity contribution in [3.8, 4) is 0 Å². The lowest BCUT2D eigenvalue weighted by Gasteiger charge is -2.57. The van der Waals surface area contributed by atoms with E-state index in [0.29, 0.717) is 31.7 Å². The molecule has 180 valence electrons. The maximum Gasteiger partial charge on any atom is 0.243 e. The second kappa shape index (κ2) is 8.47. The molecule has 0 spiro atoms. The van der Waals surface area contributed by atoms with Crippen LogP contribution in [0.5, 0.6) is 0 Å². The van der Waals surface area contributed by atoms with Gasteiger partial charge < -0.3 is 5.32 Å². The molecule has 0 aromatic heterocycles. The van der Waals surface area contributed by atoms with Gasteiger partial charge in [0.15, 0.2) is 5.78 Å². The topological polar surface area (TPSA) is 86.8 Å². The first-order valence-electron chi connectivity index (χ1n) is 12.3. The fraction of sp³-hybridized carbons (Fsp3) is 0.680. The molecule has 1 saturated heterocycles. The summed E-state index contributed by atoms with van der Waals surface area (Å²) >= 11 is 0. The van der Waals surface area contributed by atoms with E-state index in [9.17, 15) is 18.0 Å². The number of nitrogens with one attached hydrogen (secondary N) is 1. The second-order valence-corrected chi connectivity index (χ2v) is 12.8. The highest BCUT2D eigenvalue weighted by Crippen LogP contribution is 2.55. The fourth-order valence-electron chi connectivity index (χ4n) is 7.14. The van der Waals surface area contributed by atoms with E-state index in [1.165, 1.54) is 42.6 Å². The monoisotopic (exact) mass is 473 g/mol. The summed E-state index contributed by atoms with van der Waals surface area (Å²) in [5, 5.41) is 3.46. The van der Waals surface area contributed by atoms with Crippen molar-refractivity contribution in [2.75, 3.05) is 26.2 Å². The maximum absolute atomic E-state index is 13.2. The van der Waals surface area contributed by atoms with Crippen molar-refractivity contribution in [2.24, 2.45) is 17.8 Å². The third-order valence-electron chi connectivity index (χ3n) is 8.53. The van der Waals surface area contributed by atoms with Gasteiger partial charge in [-0.1, -0.05) is 12.1 Å². The van der Waals surface area contributed by atoms with Gasteiger partial charge in [-0.25, -0.2) is 8.42 Å². The van der Waals surface area contributed by atoms with Crippen molar-refractivity contribution in [2.45, 2.75) is 68.8 Å². The largest absolute Gasteiger partial charge is 0.349 e. The maximum atomic E-state index is 13.2. The van der Waals surface area contributed by atoms with E-state index in [2.05, 4.69) is 10.2 Å². The Kier molecular flexibility index (Phi) is 5.90. The van der Waals surface area contributed by atoms with Gasteiger partial charge in [0, 0.05) is 37.3 Å². The molecule has 8 heteroatoms. The quantitative estimate of drug-likeness (QED) is 0.642. The number of hydrogen-bond acceptors (Lipinski definition) is 5. The third-order valence-corrected chi connectivity index (χ3v) is 10.4. The van der Waals surface area contributed by atoms with Gasteiger partial charge in [-0.05, 0) is 82.3 Å². The number of benzene rings is 1. The van der Waals surface area contributed by atoms with Crippen LogP contribution in [0, 0.1) is 17.8 Å². The Morgan fingerprint density at radius 3 is 1.94 bits per heavy atom. The number of sulfonamides is 1. The molecule has 7 nitrogen and oxygen atoms in total. The van der Waals surface area contributed by atoms with Crippen LogP contribution in [0.2, 0.25) is 0 Å². The van der Waals surface area contributed by atoms with Gasteiger partial charge in [-0.2, -0.15) is 4.31 Å². The smallest absolute Gasteiger partial charge is 0.243 e. The van der Waals surface area contributed by atoms with Crippen molar-refractivity contribution in [1.29, 1.82) is 0 Å². The van der Waals surface area contributed by atoms with Crippen LogP contribution in [0.15, 0.2) is 29.2 Å². The molecule has 1 aromatic carbocycles. The normalized spacial score (nSPS) is 33.1. The number of amides is 1. The highest BCUT2D eigenvalue weighted by molar-refractivity contribution is 7.89. The fourth-order valence-corrected chi connectivity index (χ4v) is 8.56. The minimum absolute atomic E-state index is 0.00269. The number of ketones is 1. The highest BCUT2D eigenvalue weighted by atomic mass is 32.2. The van der Waals surface area contributed by atoms with E-state index in [0.717, 1.165) is 37.0 Å². The molecule has 1 aliphatic heterocycles. The van der Waals surface area contributed by atoms with Crippen molar-refractivity contribution >= 4 is 21.7 Å². The molecule has 5 fully saturated rings. The number of Topliss-reactive ketones (excluding diaryl/α,β-unsaturated/α-hetero) is 1. The standard InChI is InChI=1S/C25H35N3O4S/c1-17(24(30)26-25-14-19-11-20(15-25)13-21(12-19)16-25)27-7-9-28(10-8-27)33(31,32)23-5-3-22(4-6-23)18(2)29/h3-6,17,19-21H,7-16H2,1-2H3,(H,26,30)/t17-,19?,20?,21?,25?/m0/s1. The molecule has 0 radical (unpaired) electrons. The number of nitrogens with zero attached hydrogens (tertiary/aromatic N) is 2. The first-order chi connectivity index (χ1) is 15.6. The molecule has 4 bridgehead atoms. The summed E-state index contributed by atoms with van der Waals surface area (Å²) in [4.78, 5) is 27.0. The number of rotatable bonds is 6. The van der Waals surface area contributed by atoms with Crippen LogP contribution >= 0.6 is 0 Å². The van der Waals surface area contributed by atoms with Crippen LogP contribution in [0.25, 0.3) is 0 Å². The Morgan fingerprint density at radius 2 is 1.45 bits per heavy atom. The van der Waals surface area contributed by atoms with Crippen LogP contribution < -0.4 is 5.32 Å². The van der Waals surface area contributed by atoms with E-state index in [4.69, 9.17) is 0 Å². The van der Waals surface area contributed by atoms with Gasteiger partial charge >= 0.3 is 0 Å². The average molecular weight is 474 g/mol. The van der Waals surface area contributed by atoms with Crippen molar-refractivity contribution in [1.82, 2.24) is 14.5 Å². The van der Waals surface area contributed by atoms with Crippen molar-refractivity contribution < 1.29 is 18.0 Å². The van der Waals surface area contributed by atoms with E-state index in [1.807, 2.05) is 6.92 Å². The molecular formula is C25H35N3O4S. The first-order valence-corrected chi connectivity index (χ1v) is 13.8. The van der Waals surface area contributed by atoms with Crippen molar-refractivity contribution in [3.63, 3.8) is 0 Å². The summed E-state index contributed by atoms with van der Waals surface area (Å²) in [7, 11) is -3.62. The molecule has 33 heavy (non-hydrogen) atoms. The zero-order valence-corrected chi connectivity index (χ0v) is 20.4. The molecule has 1 aromatic rings. The summed E-state index contributed by atoms with van der Waals surface area (Å²) < 4.78 is 27.6. The predicted molar refractivity (Wildman–Crippen MR) is 125 cm³/mol. The Hall–Kier alpha value is -1.77. The molecule has 1 N–H and O–H groups in total. The van der Waals surface area contributed by atoms with E-state index < -0.39 is 10.0 Å². The van der Waals surface area contributed by atoms with Crippen molar-refractivity contribution in [3.05, 3.63) is 29.8 Å². The summed E-state index contributed by atoms with van der Waals surface area (Å²) in [6.07, 6.45) is 7.43. The van der Waals surface area contributed by atoms with E-state index >= 15 is 0 Å². The number of hydrogen-bond donors (Lipinski definition) is 1. The van der Waals surface area contributed by atoms with Crippen LogP contribution in [0.1, 0.15) is 62.7 Å². The molecule has 1 amide bonds.